The van der Waals surface area contributed by atoms with Crippen molar-refractivity contribution in [2.75, 3.05) is 17.4 Å². The van der Waals surface area contributed by atoms with Crippen LogP contribution in [0.4, 0.5) is 5.69 Å². The molecule has 0 fully saturated rings. The quantitative estimate of drug-likeness (QED) is 0.409. The monoisotopic (exact) mass is 535 g/mol. The number of hydrogen-bond donors (Lipinski definition) is 1. The molecule has 0 unspecified atom stereocenters. The second-order valence-corrected chi connectivity index (χ2v) is 11.6. The van der Waals surface area contributed by atoms with E-state index in [1.165, 1.54) is 4.90 Å². The summed E-state index contributed by atoms with van der Waals surface area (Å²) in [5, 5.41) is 2.77. The molecule has 7 nitrogen and oxygen atoms in total. The minimum atomic E-state index is -4.09. The van der Waals surface area contributed by atoms with Gasteiger partial charge in [0, 0.05) is 13.1 Å². The highest BCUT2D eigenvalue weighted by atomic mass is 32.2. The summed E-state index contributed by atoms with van der Waals surface area (Å²) in [7, 11) is -4.09. The van der Waals surface area contributed by atoms with Gasteiger partial charge < -0.3 is 10.2 Å². The number of carbonyl (C=O) groups is 2. The van der Waals surface area contributed by atoms with Crippen molar-refractivity contribution in [3.8, 4) is 0 Å². The number of benzene rings is 3. The molecule has 0 aromatic heterocycles. The number of rotatable bonds is 10. The zero-order chi connectivity index (χ0) is 28.0. The number of anilines is 1. The number of carbonyl (C=O) groups excluding carboxylic acids is 2. The van der Waals surface area contributed by atoms with Gasteiger partial charge in [0.15, 0.2) is 0 Å². The lowest BCUT2D eigenvalue weighted by molar-refractivity contribution is -0.139. The van der Waals surface area contributed by atoms with Crippen LogP contribution in [0.1, 0.15) is 41.7 Å². The molecule has 1 atom stereocenters. The lowest BCUT2D eigenvalue weighted by Crippen LogP contribution is -2.51. The van der Waals surface area contributed by atoms with Crippen LogP contribution in [0.15, 0.2) is 71.6 Å². The maximum Gasteiger partial charge on any atom is 0.264 e. The second-order valence-electron chi connectivity index (χ2n) is 9.69. The fourth-order valence-corrected chi connectivity index (χ4v) is 5.60. The largest absolute Gasteiger partial charge is 0.355 e. The molecule has 0 spiro atoms. The number of nitrogens with zero attached hydrogens (tertiary/aromatic N) is 2. The van der Waals surface area contributed by atoms with E-state index < -0.39 is 28.5 Å². The predicted molar refractivity (Wildman–Crippen MR) is 152 cm³/mol. The first kappa shape index (κ1) is 28.9. The van der Waals surface area contributed by atoms with Crippen LogP contribution in [0.5, 0.6) is 0 Å². The molecule has 8 heteroatoms. The van der Waals surface area contributed by atoms with E-state index in [1.807, 2.05) is 71.0 Å². The van der Waals surface area contributed by atoms with Crippen molar-refractivity contribution in [2.24, 2.45) is 0 Å². The van der Waals surface area contributed by atoms with Gasteiger partial charge in [-0.25, -0.2) is 8.42 Å². The molecule has 0 aliphatic carbocycles. The second kappa shape index (κ2) is 12.3. The van der Waals surface area contributed by atoms with Crippen molar-refractivity contribution in [1.82, 2.24) is 10.2 Å². The fourth-order valence-electron chi connectivity index (χ4n) is 4.13. The van der Waals surface area contributed by atoms with Crippen molar-refractivity contribution in [3.05, 3.63) is 94.5 Å². The number of likely N-dealkylation sites (N-methyl/N-ethyl adjacent to an activating group) is 1. The summed E-state index contributed by atoms with van der Waals surface area (Å²) in [6.07, 6.45) is 0. The third kappa shape index (κ3) is 6.81. The summed E-state index contributed by atoms with van der Waals surface area (Å²) in [6.45, 7) is 11.2. The van der Waals surface area contributed by atoms with E-state index in [9.17, 15) is 18.0 Å². The topological polar surface area (TPSA) is 86.8 Å². The molecule has 0 radical (unpaired) electrons. The normalized spacial score (nSPS) is 12.1. The van der Waals surface area contributed by atoms with Crippen molar-refractivity contribution in [3.63, 3.8) is 0 Å². The standard InChI is InChI=1S/C30H37N3O4S/c1-7-31-30(35)25(6)32(19-26-14-9-21(2)10-15-26)29(34)20-33(28-18-23(4)8-13-24(28)5)38(36,37)27-16-11-22(3)12-17-27/h8-18,25H,7,19-20H2,1-6H3,(H,31,35)/t25-/m0/s1. The van der Waals surface area contributed by atoms with Gasteiger partial charge >= 0.3 is 0 Å². The van der Waals surface area contributed by atoms with Gasteiger partial charge in [-0.1, -0.05) is 59.7 Å². The highest BCUT2D eigenvalue weighted by Gasteiger charge is 2.33. The number of hydrogen-bond acceptors (Lipinski definition) is 4. The van der Waals surface area contributed by atoms with Crippen LogP contribution in [-0.2, 0) is 26.2 Å². The van der Waals surface area contributed by atoms with E-state index in [-0.39, 0.29) is 17.3 Å². The molecule has 38 heavy (non-hydrogen) atoms. The van der Waals surface area contributed by atoms with Crippen LogP contribution in [0, 0.1) is 27.7 Å². The summed E-state index contributed by atoms with van der Waals surface area (Å²) >= 11 is 0. The molecule has 0 saturated carbocycles. The molecule has 0 aliphatic heterocycles. The van der Waals surface area contributed by atoms with Crippen molar-refractivity contribution >= 4 is 27.5 Å². The molecule has 3 aromatic rings. The van der Waals surface area contributed by atoms with Crippen molar-refractivity contribution in [1.29, 1.82) is 0 Å². The maximum atomic E-state index is 13.9. The van der Waals surface area contributed by atoms with Crippen LogP contribution in [0.3, 0.4) is 0 Å². The third-order valence-corrected chi connectivity index (χ3v) is 8.29. The Balaban J connectivity index is 2.07. The lowest BCUT2D eigenvalue weighted by Gasteiger charge is -2.32. The lowest BCUT2D eigenvalue weighted by atomic mass is 10.1. The van der Waals surface area contributed by atoms with Crippen molar-refractivity contribution in [2.45, 2.75) is 59.0 Å². The van der Waals surface area contributed by atoms with Gasteiger partial charge in [-0.05, 0) is 76.4 Å². The summed E-state index contributed by atoms with van der Waals surface area (Å²) < 4.78 is 29.0. The molecule has 2 amide bonds. The number of amides is 2. The molecular formula is C30H37N3O4S. The average Bonchev–Trinajstić information content (AvgIpc) is 2.88. The van der Waals surface area contributed by atoms with Crippen molar-refractivity contribution < 1.29 is 18.0 Å². The Labute approximate surface area is 226 Å². The predicted octanol–water partition coefficient (Wildman–Crippen LogP) is 4.67. The fraction of sp³-hybridized carbons (Fsp3) is 0.333. The van der Waals surface area contributed by atoms with E-state index in [1.54, 1.807) is 37.3 Å². The molecule has 202 valence electrons. The zero-order valence-corrected chi connectivity index (χ0v) is 23.8. The summed E-state index contributed by atoms with van der Waals surface area (Å²) in [5.74, 6) is -0.770. The van der Waals surface area contributed by atoms with E-state index in [0.717, 1.165) is 32.1 Å². The minimum absolute atomic E-state index is 0.0960. The van der Waals surface area contributed by atoms with E-state index in [0.29, 0.717) is 12.2 Å². The molecule has 3 rings (SSSR count). The van der Waals surface area contributed by atoms with Crippen LogP contribution in [-0.4, -0.2) is 44.3 Å². The van der Waals surface area contributed by atoms with Crippen LogP contribution in [0.2, 0.25) is 0 Å². The Kier molecular flexibility index (Phi) is 9.33. The summed E-state index contributed by atoms with van der Waals surface area (Å²) in [6, 6.07) is 19.0. The van der Waals surface area contributed by atoms with Gasteiger partial charge in [0.2, 0.25) is 11.8 Å². The van der Waals surface area contributed by atoms with Gasteiger partial charge in [-0.3, -0.25) is 13.9 Å². The van der Waals surface area contributed by atoms with Gasteiger partial charge in [-0.15, -0.1) is 0 Å². The van der Waals surface area contributed by atoms with Crippen LogP contribution < -0.4 is 9.62 Å². The molecular weight excluding hydrogens is 498 g/mol. The van der Waals surface area contributed by atoms with E-state index in [2.05, 4.69) is 5.32 Å². The molecule has 0 saturated heterocycles. The Morgan fingerprint density at radius 3 is 1.97 bits per heavy atom. The molecule has 0 heterocycles. The van der Waals surface area contributed by atoms with E-state index in [4.69, 9.17) is 0 Å². The van der Waals surface area contributed by atoms with E-state index >= 15 is 0 Å². The number of aryl methyl sites for hydroxylation is 4. The summed E-state index contributed by atoms with van der Waals surface area (Å²) in [5.41, 5.74) is 4.88. The highest BCUT2D eigenvalue weighted by molar-refractivity contribution is 7.92. The van der Waals surface area contributed by atoms with Gasteiger partial charge in [-0.2, -0.15) is 0 Å². The number of nitrogens with one attached hydrogen (secondary N) is 1. The first-order valence-corrected chi connectivity index (χ1v) is 14.2. The Morgan fingerprint density at radius 1 is 0.842 bits per heavy atom. The molecule has 1 N–H and O–H groups in total. The van der Waals surface area contributed by atoms with Gasteiger partial charge in [0.25, 0.3) is 10.0 Å². The molecule has 0 bridgehead atoms. The molecule has 3 aromatic carbocycles. The molecule has 0 aliphatic rings. The Morgan fingerprint density at radius 2 is 1.39 bits per heavy atom. The Hall–Kier alpha value is -3.65. The van der Waals surface area contributed by atoms with Crippen LogP contribution >= 0.6 is 0 Å². The van der Waals surface area contributed by atoms with Crippen LogP contribution in [0.25, 0.3) is 0 Å². The zero-order valence-electron chi connectivity index (χ0n) is 23.0. The minimum Gasteiger partial charge on any atom is -0.355 e. The first-order valence-electron chi connectivity index (χ1n) is 12.7. The average molecular weight is 536 g/mol. The maximum absolute atomic E-state index is 13.9. The van der Waals surface area contributed by atoms with Gasteiger partial charge in [0.1, 0.15) is 12.6 Å². The SMILES string of the molecule is CCNC(=O)[C@H](C)N(Cc1ccc(C)cc1)C(=O)CN(c1cc(C)ccc1C)S(=O)(=O)c1ccc(C)cc1. The Bertz CT molecular complexity index is 1380. The smallest absolute Gasteiger partial charge is 0.264 e. The highest BCUT2D eigenvalue weighted by Crippen LogP contribution is 2.28. The van der Waals surface area contributed by atoms with Gasteiger partial charge in [0.05, 0.1) is 10.6 Å². The third-order valence-electron chi connectivity index (χ3n) is 6.51. The first-order chi connectivity index (χ1) is 17.9. The summed E-state index contributed by atoms with van der Waals surface area (Å²) in [4.78, 5) is 28.3. The number of sulfonamides is 1.